The van der Waals surface area contributed by atoms with Crippen LogP contribution in [-0.4, -0.2) is 110 Å². The second-order valence-corrected chi connectivity index (χ2v) is 7.60. The summed E-state index contributed by atoms with van der Waals surface area (Å²) in [6.45, 7) is -1.14. The highest BCUT2D eigenvalue weighted by atomic mass is 16.7. The van der Waals surface area contributed by atoms with Crippen LogP contribution < -0.4 is 0 Å². The normalized spacial score (nSPS) is 41.1. The molecule has 3 rings (SSSR count). The van der Waals surface area contributed by atoms with Gasteiger partial charge in [0.2, 0.25) is 0 Å². The monoisotopic (exact) mass is 457 g/mol. The quantitative estimate of drug-likeness (QED) is 0.218. The Bertz CT molecular complexity index is 760. The number of nitriles is 1. The van der Waals surface area contributed by atoms with Crippen LogP contribution in [0.3, 0.4) is 0 Å². The van der Waals surface area contributed by atoms with Crippen molar-refractivity contribution >= 4 is 0 Å². The smallest absolute Gasteiger partial charge is 0.188 e. The maximum atomic E-state index is 10.3. The molecular weight excluding hydrogens is 430 g/mol. The molecule has 11 atom stereocenters. The molecule has 2 aliphatic heterocycles. The summed E-state index contributed by atoms with van der Waals surface area (Å²) in [6.07, 6.45) is -16.5. The molecule has 0 radical (unpaired) electrons. The van der Waals surface area contributed by atoms with Crippen molar-refractivity contribution in [2.75, 3.05) is 13.2 Å². The van der Waals surface area contributed by atoms with E-state index in [-0.39, 0.29) is 0 Å². The Hall–Kier alpha value is -1.73. The summed E-state index contributed by atoms with van der Waals surface area (Å²) >= 11 is 0. The van der Waals surface area contributed by atoms with Crippen molar-refractivity contribution in [2.24, 2.45) is 0 Å². The first kappa shape index (κ1) is 24.9. The fourth-order valence-corrected chi connectivity index (χ4v) is 3.51. The molecule has 1 aromatic carbocycles. The van der Waals surface area contributed by atoms with Crippen molar-refractivity contribution in [3.05, 3.63) is 35.9 Å². The average Bonchev–Trinajstić information content (AvgIpc) is 2.81. The van der Waals surface area contributed by atoms with Crippen LogP contribution in [0.4, 0.5) is 0 Å². The lowest BCUT2D eigenvalue weighted by Gasteiger charge is -2.43. The molecule has 2 fully saturated rings. The van der Waals surface area contributed by atoms with Crippen LogP contribution in [0.5, 0.6) is 0 Å². The molecule has 2 saturated heterocycles. The highest BCUT2D eigenvalue weighted by Gasteiger charge is 2.48. The first-order valence-corrected chi connectivity index (χ1v) is 10.00. The van der Waals surface area contributed by atoms with Gasteiger partial charge in [-0.25, -0.2) is 0 Å². The fourth-order valence-electron chi connectivity index (χ4n) is 3.51. The predicted molar refractivity (Wildman–Crippen MR) is 102 cm³/mol. The highest BCUT2D eigenvalue weighted by molar-refractivity contribution is 5.22. The number of benzene rings is 1. The van der Waals surface area contributed by atoms with Gasteiger partial charge in [0.15, 0.2) is 18.7 Å². The Morgan fingerprint density at radius 2 is 1.38 bits per heavy atom. The maximum Gasteiger partial charge on any atom is 0.188 e. The molecule has 12 heteroatoms. The van der Waals surface area contributed by atoms with Gasteiger partial charge in [-0.1, -0.05) is 30.3 Å². The third-order valence-corrected chi connectivity index (χ3v) is 5.43. The number of hydrogen-bond donors (Lipinski definition) is 7. The lowest BCUT2D eigenvalue weighted by atomic mass is 9.98. The number of aliphatic hydroxyl groups is 7. The Morgan fingerprint density at radius 1 is 0.812 bits per heavy atom. The molecule has 7 N–H and O–H groups in total. The standard InChI is InChI=1S/C20H27NO11/c21-6-10(9-4-2-1-3-5-9)30-20-18(28)16(26)14(24)12(32-20)8-29-19-17(27)15(25)13(23)11(7-22)31-19/h1-5,10-20,22-28H,7-8H2/t10-,11-,12+,13-,14-,15+,16+,17-,18-,19-,20-/m1/s1. The van der Waals surface area contributed by atoms with E-state index in [1.807, 2.05) is 6.07 Å². The van der Waals surface area contributed by atoms with Crippen LogP contribution in [0.15, 0.2) is 30.3 Å². The topological polar surface area (TPSA) is 202 Å². The molecule has 178 valence electrons. The Morgan fingerprint density at radius 3 is 1.97 bits per heavy atom. The van der Waals surface area contributed by atoms with E-state index in [1.54, 1.807) is 30.3 Å². The molecule has 2 aliphatic rings. The van der Waals surface area contributed by atoms with E-state index in [0.29, 0.717) is 5.56 Å². The molecule has 2 heterocycles. The van der Waals surface area contributed by atoms with Crippen LogP contribution in [0, 0.1) is 11.3 Å². The molecule has 0 amide bonds. The Kier molecular flexibility index (Phi) is 8.50. The minimum absolute atomic E-state index is 0.487. The van der Waals surface area contributed by atoms with Crippen LogP contribution in [-0.2, 0) is 18.9 Å². The Balaban J connectivity index is 1.65. The zero-order chi connectivity index (χ0) is 23.4. The van der Waals surface area contributed by atoms with Gasteiger partial charge in [-0.3, -0.25) is 0 Å². The summed E-state index contributed by atoms with van der Waals surface area (Å²) in [6, 6.07) is 10.3. The zero-order valence-electron chi connectivity index (χ0n) is 16.9. The van der Waals surface area contributed by atoms with E-state index in [1.165, 1.54) is 0 Å². The van der Waals surface area contributed by atoms with Crippen molar-refractivity contribution in [1.29, 1.82) is 5.26 Å². The second-order valence-electron chi connectivity index (χ2n) is 7.60. The van der Waals surface area contributed by atoms with E-state index >= 15 is 0 Å². The maximum absolute atomic E-state index is 10.3. The molecule has 0 aromatic heterocycles. The fraction of sp³-hybridized carbons (Fsp3) is 0.650. The van der Waals surface area contributed by atoms with Crippen LogP contribution in [0.2, 0.25) is 0 Å². The van der Waals surface area contributed by atoms with Gasteiger partial charge in [-0.05, 0) is 5.56 Å². The van der Waals surface area contributed by atoms with Crippen LogP contribution >= 0.6 is 0 Å². The molecule has 0 saturated carbocycles. The van der Waals surface area contributed by atoms with Gasteiger partial charge in [0, 0.05) is 0 Å². The van der Waals surface area contributed by atoms with Gasteiger partial charge in [0.05, 0.1) is 19.3 Å². The average molecular weight is 457 g/mol. The third kappa shape index (κ3) is 5.25. The number of hydrogen-bond acceptors (Lipinski definition) is 12. The van der Waals surface area contributed by atoms with Crippen molar-refractivity contribution in [3.63, 3.8) is 0 Å². The molecule has 0 unspecified atom stereocenters. The summed E-state index contributed by atoms with van der Waals surface area (Å²) in [5.74, 6) is 0. The molecule has 32 heavy (non-hydrogen) atoms. The minimum Gasteiger partial charge on any atom is -0.394 e. The van der Waals surface area contributed by atoms with Gasteiger partial charge in [-0.2, -0.15) is 5.26 Å². The predicted octanol–water partition coefficient (Wildman–Crippen LogP) is -3.11. The second kappa shape index (κ2) is 10.9. The van der Waals surface area contributed by atoms with Gasteiger partial charge in [-0.15, -0.1) is 0 Å². The number of rotatable bonds is 7. The summed E-state index contributed by atoms with van der Waals surface area (Å²) in [5.41, 5.74) is 0.487. The summed E-state index contributed by atoms with van der Waals surface area (Å²) in [5, 5.41) is 79.1. The van der Waals surface area contributed by atoms with Crippen molar-refractivity contribution in [3.8, 4) is 6.07 Å². The lowest BCUT2D eigenvalue weighted by Crippen LogP contribution is -2.61. The molecule has 1 aromatic rings. The van der Waals surface area contributed by atoms with Crippen molar-refractivity contribution in [1.82, 2.24) is 0 Å². The summed E-state index contributed by atoms with van der Waals surface area (Å²) in [4.78, 5) is 0. The Labute approximate surface area is 183 Å². The minimum atomic E-state index is -1.70. The first-order valence-electron chi connectivity index (χ1n) is 10.00. The van der Waals surface area contributed by atoms with E-state index in [4.69, 9.17) is 18.9 Å². The van der Waals surface area contributed by atoms with E-state index in [9.17, 15) is 41.0 Å². The van der Waals surface area contributed by atoms with Gasteiger partial charge >= 0.3 is 0 Å². The lowest BCUT2D eigenvalue weighted by molar-refractivity contribution is -0.334. The van der Waals surface area contributed by atoms with E-state index in [2.05, 4.69) is 0 Å². The molecular formula is C20H27NO11. The molecule has 12 nitrogen and oxygen atoms in total. The zero-order valence-corrected chi connectivity index (χ0v) is 16.9. The molecule has 0 spiro atoms. The van der Waals surface area contributed by atoms with Gasteiger partial charge in [0.25, 0.3) is 0 Å². The van der Waals surface area contributed by atoms with Gasteiger partial charge in [0.1, 0.15) is 48.8 Å². The van der Waals surface area contributed by atoms with Crippen LogP contribution in [0.1, 0.15) is 11.7 Å². The first-order chi connectivity index (χ1) is 15.3. The van der Waals surface area contributed by atoms with Crippen LogP contribution in [0.25, 0.3) is 0 Å². The van der Waals surface area contributed by atoms with E-state index < -0.39 is 80.7 Å². The largest absolute Gasteiger partial charge is 0.394 e. The highest BCUT2D eigenvalue weighted by Crippen LogP contribution is 2.28. The summed E-state index contributed by atoms with van der Waals surface area (Å²) in [7, 11) is 0. The van der Waals surface area contributed by atoms with Gasteiger partial charge < -0.3 is 54.7 Å². The third-order valence-electron chi connectivity index (χ3n) is 5.43. The SMILES string of the molecule is N#C[C@@H](O[C@@H]1O[C@@H](CO[C@@H]2O[C@H](CO)[C@@H](O)[C@H](O)[C@H]2O)[C@@H](O)[C@H](O)[C@H]1O)c1ccccc1. The molecule has 0 bridgehead atoms. The van der Waals surface area contributed by atoms with E-state index in [0.717, 1.165) is 0 Å². The number of nitrogens with zero attached hydrogens (tertiary/aromatic N) is 1. The number of aliphatic hydroxyl groups excluding tert-OH is 7. The molecule has 0 aliphatic carbocycles. The number of ether oxygens (including phenoxy) is 4. The van der Waals surface area contributed by atoms with Crippen molar-refractivity contribution < 1.29 is 54.7 Å². The van der Waals surface area contributed by atoms with Crippen molar-refractivity contribution in [2.45, 2.75) is 67.5 Å². The summed E-state index contributed by atoms with van der Waals surface area (Å²) < 4.78 is 21.6.